The highest BCUT2D eigenvalue weighted by Crippen LogP contribution is 2.41. The van der Waals surface area contributed by atoms with Gasteiger partial charge in [0, 0.05) is 5.92 Å². The van der Waals surface area contributed by atoms with Gasteiger partial charge in [-0.05, 0) is 31.6 Å². The van der Waals surface area contributed by atoms with E-state index in [0.717, 1.165) is 12.8 Å². The van der Waals surface area contributed by atoms with Crippen LogP contribution in [0.5, 0.6) is 0 Å². The summed E-state index contributed by atoms with van der Waals surface area (Å²) < 4.78 is 0. The van der Waals surface area contributed by atoms with Crippen LogP contribution in [0.25, 0.3) is 0 Å². The fraction of sp³-hybridized carbons (Fsp3) is 0.600. The molecule has 0 radical (unpaired) electrons. The number of Topliss-reactive ketones (excluding diaryl/α,β-unsaturated/α-hetero) is 1. The summed E-state index contributed by atoms with van der Waals surface area (Å²) in [5.74, 6) is 0.304. The quantitative estimate of drug-likeness (QED) is 0.352. The zero-order valence-electron chi connectivity index (χ0n) is 6.95. The molecule has 12 heavy (non-hydrogen) atoms. The summed E-state index contributed by atoms with van der Waals surface area (Å²) in [7, 11) is 0. The van der Waals surface area contributed by atoms with Gasteiger partial charge < -0.3 is 0 Å². The van der Waals surface area contributed by atoms with Crippen LogP contribution < -0.4 is 0 Å². The van der Waals surface area contributed by atoms with Crippen molar-refractivity contribution < 1.29 is 9.59 Å². The number of hydrogen-bond donors (Lipinski definition) is 0. The van der Waals surface area contributed by atoms with Gasteiger partial charge in [0.25, 0.3) is 0 Å². The first-order valence-corrected chi connectivity index (χ1v) is 4.51. The van der Waals surface area contributed by atoms with Crippen molar-refractivity contribution in [2.45, 2.75) is 25.7 Å². The molecule has 1 fully saturated rings. The van der Waals surface area contributed by atoms with Crippen molar-refractivity contribution in [1.82, 2.24) is 0 Å². The Labute approximate surface area is 71.6 Å². The monoisotopic (exact) mass is 164 g/mol. The van der Waals surface area contributed by atoms with E-state index >= 15 is 0 Å². The molecule has 0 N–H and O–H groups in total. The normalized spacial score (nSPS) is 32.8. The second-order valence-electron chi connectivity index (χ2n) is 3.69. The summed E-state index contributed by atoms with van der Waals surface area (Å²) >= 11 is 0. The molecule has 0 saturated heterocycles. The molecule has 2 aliphatic rings. The van der Waals surface area contributed by atoms with Gasteiger partial charge in [-0.1, -0.05) is 11.6 Å². The Balaban J connectivity index is 2.11. The number of fused-ring (bicyclic) bond motifs is 1. The van der Waals surface area contributed by atoms with Crippen LogP contribution in [0.3, 0.4) is 0 Å². The summed E-state index contributed by atoms with van der Waals surface area (Å²) in [4.78, 5) is 21.3. The minimum absolute atomic E-state index is 0.0807. The average Bonchev–Trinajstić information content (AvgIpc) is 2.60. The first kappa shape index (κ1) is 7.71. The first-order chi connectivity index (χ1) is 5.81. The Morgan fingerprint density at radius 3 is 3.08 bits per heavy atom. The molecule has 0 amide bonds. The lowest BCUT2D eigenvalue weighted by molar-refractivity contribution is -0.131. The van der Waals surface area contributed by atoms with Gasteiger partial charge in [0.05, 0.1) is 0 Å². The largest absolute Gasteiger partial charge is 0.295 e. The molecule has 2 nitrogen and oxygen atoms in total. The van der Waals surface area contributed by atoms with Gasteiger partial charge in [-0.25, -0.2) is 0 Å². The summed E-state index contributed by atoms with van der Waals surface area (Å²) in [6, 6.07) is 0. The van der Waals surface area contributed by atoms with E-state index < -0.39 is 0 Å². The lowest BCUT2D eigenvalue weighted by Gasteiger charge is -2.04. The van der Waals surface area contributed by atoms with Gasteiger partial charge in [-0.15, -0.1) is 0 Å². The molecule has 0 aliphatic heterocycles. The first-order valence-electron chi connectivity index (χ1n) is 4.51. The lowest BCUT2D eigenvalue weighted by Crippen LogP contribution is -2.11. The Morgan fingerprint density at radius 1 is 1.58 bits per heavy atom. The van der Waals surface area contributed by atoms with Gasteiger partial charge in [0.1, 0.15) is 0 Å². The number of hydrogen-bond acceptors (Lipinski definition) is 2. The number of ketones is 1. The predicted molar refractivity (Wildman–Crippen MR) is 44.6 cm³/mol. The Morgan fingerprint density at radius 2 is 2.42 bits per heavy atom. The third kappa shape index (κ3) is 1.11. The molecule has 2 heteroatoms. The Hall–Kier alpha value is -0.920. The van der Waals surface area contributed by atoms with Gasteiger partial charge in [-0.3, -0.25) is 9.59 Å². The summed E-state index contributed by atoms with van der Waals surface area (Å²) in [5.41, 5.74) is 1.43. The highest BCUT2D eigenvalue weighted by molar-refractivity contribution is 6.26. The van der Waals surface area contributed by atoms with Crippen LogP contribution in [0.4, 0.5) is 0 Å². The zero-order valence-corrected chi connectivity index (χ0v) is 6.95. The number of carbonyl (C=O) groups is 2. The van der Waals surface area contributed by atoms with E-state index in [1.54, 1.807) is 0 Å². The molecule has 0 aromatic carbocycles. The standard InChI is InChI=1S/C10H12O2/c11-6-10(12)9-4-7-2-1-3-8(7)5-9/h4,6,8-9H,1-3,5H2. The zero-order chi connectivity index (χ0) is 8.55. The molecule has 2 aliphatic carbocycles. The fourth-order valence-electron chi connectivity index (χ4n) is 2.35. The molecule has 0 aromatic heterocycles. The summed E-state index contributed by atoms with van der Waals surface area (Å²) in [5, 5.41) is 0. The topological polar surface area (TPSA) is 34.1 Å². The molecular weight excluding hydrogens is 152 g/mol. The molecule has 2 rings (SSSR count). The van der Waals surface area contributed by atoms with E-state index in [1.165, 1.54) is 18.4 Å². The van der Waals surface area contributed by atoms with E-state index in [4.69, 9.17) is 0 Å². The van der Waals surface area contributed by atoms with E-state index in [9.17, 15) is 9.59 Å². The predicted octanol–water partition coefficient (Wildman–Crippen LogP) is 1.50. The van der Waals surface area contributed by atoms with E-state index in [0.29, 0.717) is 12.2 Å². The van der Waals surface area contributed by atoms with Gasteiger partial charge >= 0.3 is 0 Å². The van der Waals surface area contributed by atoms with Gasteiger partial charge in [0.15, 0.2) is 6.29 Å². The second-order valence-corrected chi connectivity index (χ2v) is 3.69. The lowest BCUT2D eigenvalue weighted by atomic mass is 9.98. The number of allylic oxidation sites excluding steroid dienone is 2. The molecule has 0 bridgehead atoms. The maximum Gasteiger partial charge on any atom is 0.202 e. The smallest absolute Gasteiger partial charge is 0.202 e. The van der Waals surface area contributed by atoms with Crippen LogP contribution in [0, 0.1) is 11.8 Å². The van der Waals surface area contributed by atoms with Crippen LogP contribution in [0.2, 0.25) is 0 Å². The maximum atomic E-state index is 11.0. The maximum absolute atomic E-state index is 11.0. The fourth-order valence-corrected chi connectivity index (χ4v) is 2.35. The molecule has 0 spiro atoms. The number of aldehydes is 1. The SMILES string of the molecule is O=CC(=O)C1C=C2CCCC2C1. The molecule has 2 atom stereocenters. The van der Waals surface area contributed by atoms with Crippen LogP contribution in [-0.4, -0.2) is 12.1 Å². The van der Waals surface area contributed by atoms with E-state index in [2.05, 4.69) is 0 Å². The van der Waals surface area contributed by atoms with E-state index in [-0.39, 0.29) is 11.7 Å². The molecule has 0 aromatic rings. The molecule has 1 saturated carbocycles. The van der Waals surface area contributed by atoms with Crippen molar-refractivity contribution in [3.05, 3.63) is 11.6 Å². The van der Waals surface area contributed by atoms with Crippen molar-refractivity contribution >= 4 is 12.1 Å². The average molecular weight is 164 g/mol. The molecular formula is C10H12O2. The minimum atomic E-state index is -0.239. The molecule has 64 valence electrons. The van der Waals surface area contributed by atoms with Crippen molar-refractivity contribution in [2.75, 3.05) is 0 Å². The highest BCUT2D eigenvalue weighted by Gasteiger charge is 2.32. The van der Waals surface area contributed by atoms with Crippen molar-refractivity contribution in [3.8, 4) is 0 Å². The van der Waals surface area contributed by atoms with Crippen LogP contribution in [-0.2, 0) is 9.59 Å². The Kier molecular flexibility index (Phi) is 1.83. The highest BCUT2D eigenvalue weighted by atomic mass is 16.2. The van der Waals surface area contributed by atoms with Crippen molar-refractivity contribution in [2.24, 2.45) is 11.8 Å². The van der Waals surface area contributed by atoms with Crippen molar-refractivity contribution in [1.29, 1.82) is 0 Å². The van der Waals surface area contributed by atoms with Crippen molar-refractivity contribution in [3.63, 3.8) is 0 Å². The molecule has 0 heterocycles. The third-order valence-electron chi connectivity index (χ3n) is 2.98. The minimum Gasteiger partial charge on any atom is -0.295 e. The second kappa shape index (κ2) is 2.85. The van der Waals surface area contributed by atoms with Crippen LogP contribution >= 0.6 is 0 Å². The van der Waals surface area contributed by atoms with Crippen LogP contribution in [0.15, 0.2) is 11.6 Å². The number of carbonyl (C=O) groups excluding carboxylic acids is 2. The Bertz CT molecular complexity index is 253. The summed E-state index contributed by atoms with van der Waals surface area (Å²) in [6.07, 6.45) is 7.00. The van der Waals surface area contributed by atoms with Crippen LogP contribution in [0.1, 0.15) is 25.7 Å². The summed E-state index contributed by atoms with van der Waals surface area (Å²) in [6.45, 7) is 0. The van der Waals surface area contributed by atoms with Gasteiger partial charge in [0.2, 0.25) is 5.78 Å². The van der Waals surface area contributed by atoms with Gasteiger partial charge in [-0.2, -0.15) is 0 Å². The molecule has 2 unspecified atom stereocenters. The third-order valence-corrected chi connectivity index (χ3v) is 2.98. The number of rotatable bonds is 2. The van der Waals surface area contributed by atoms with E-state index in [1.807, 2.05) is 6.08 Å².